The van der Waals surface area contributed by atoms with E-state index in [9.17, 15) is 34.0 Å². The fraction of sp³-hybridized carbons (Fsp3) is 0.935. The van der Waals surface area contributed by atoms with Crippen LogP contribution < -0.4 is 0 Å². The van der Waals surface area contributed by atoms with E-state index in [1.165, 1.54) is 77.0 Å². The van der Waals surface area contributed by atoms with Crippen LogP contribution in [0.25, 0.3) is 0 Å². The van der Waals surface area contributed by atoms with Gasteiger partial charge in [0.15, 0.2) is 11.6 Å². The van der Waals surface area contributed by atoms with E-state index in [0.717, 1.165) is 38.5 Å². The second kappa shape index (κ2) is 23.8. The average molecular weight is 575 g/mol. The fourth-order valence-electron chi connectivity index (χ4n) is 5.17. The Morgan fingerprint density at radius 3 is 1.00 bits per heavy atom. The SMILES string of the molecule is CCCCCCCCCCCCCC(=O)C(O)(C(=O)CCCCCCCCCCCCC)C(O)(CO)P(=O)=O. The molecule has 0 aliphatic carbocycles. The lowest BCUT2D eigenvalue weighted by atomic mass is 9.82. The molecule has 0 radical (unpaired) electrons. The molecule has 0 aliphatic heterocycles. The lowest BCUT2D eigenvalue weighted by Crippen LogP contribution is -2.63. The molecule has 0 heterocycles. The van der Waals surface area contributed by atoms with E-state index in [2.05, 4.69) is 13.8 Å². The maximum Gasteiger partial charge on any atom is 0.354 e. The summed E-state index contributed by atoms with van der Waals surface area (Å²) >= 11 is 0. The van der Waals surface area contributed by atoms with Gasteiger partial charge >= 0.3 is 7.68 Å². The number of aliphatic hydroxyl groups is 3. The highest BCUT2D eigenvalue weighted by Gasteiger charge is 2.62. The van der Waals surface area contributed by atoms with Crippen LogP contribution in [0, 0.1) is 0 Å². The lowest BCUT2D eigenvalue weighted by molar-refractivity contribution is -0.173. The van der Waals surface area contributed by atoms with E-state index in [1.54, 1.807) is 0 Å². The Kier molecular flexibility index (Phi) is 23.3. The van der Waals surface area contributed by atoms with Gasteiger partial charge in [-0.15, -0.1) is 0 Å². The Labute approximate surface area is 238 Å². The monoisotopic (exact) mass is 574 g/mol. The molecule has 0 amide bonds. The molecule has 0 saturated heterocycles. The summed E-state index contributed by atoms with van der Waals surface area (Å²) < 4.78 is 23.6. The lowest BCUT2D eigenvalue weighted by Gasteiger charge is -2.34. The van der Waals surface area contributed by atoms with Crippen molar-refractivity contribution in [3.05, 3.63) is 0 Å². The quantitative estimate of drug-likeness (QED) is 0.0467. The number of hydrogen-bond donors (Lipinski definition) is 3. The molecule has 0 fully saturated rings. The van der Waals surface area contributed by atoms with Gasteiger partial charge in [-0.1, -0.05) is 142 Å². The molecule has 1 atom stereocenters. The van der Waals surface area contributed by atoms with E-state index in [0.29, 0.717) is 25.7 Å². The van der Waals surface area contributed by atoms with Crippen LogP contribution in [0.3, 0.4) is 0 Å². The molecule has 0 aromatic rings. The van der Waals surface area contributed by atoms with E-state index < -0.39 is 36.8 Å². The van der Waals surface area contributed by atoms with E-state index in [-0.39, 0.29) is 12.8 Å². The zero-order chi connectivity index (χ0) is 29.4. The van der Waals surface area contributed by atoms with Crippen LogP contribution >= 0.6 is 7.68 Å². The van der Waals surface area contributed by atoms with Gasteiger partial charge in [0.05, 0.1) is 6.61 Å². The predicted molar refractivity (Wildman–Crippen MR) is 157 cm³/mol. The van der Waals surface area contributed by atoms with Crippen molar-refractivity contribution in [3.63, 3.8) is 0 Å². The average Bonchev–Trinajstić information content (AvgIpc) is 2.93. The number of Topliss-reactive ketones (excluding diaryl/α,β-unsaturated/α-hetero) is 2. The molecule has 39 heavy (non-hydrogen) atoms. The third kappa shape index (κ3) is 15.1. The van der Waals surface area contributed by atoms with Crippen molar-refractivity contribution in [1.29, 1.82) is 0 Å². The van der Waals surface area contributed by atoms with Crippen LogP contribution in [0.5, 0.6) is 0 Å². The standard InChI is InChI=1S/C31H59O7P/c1-3-5-7-9-11-13-15-17-19-21-23-25-28(33)31(36,30(35,27-32)39(37)38)29(34)26-24-22-20-18-16-14-12-10-8-6-4-2/h32,35-36H,3-27H2,1-2H3. The minimum atomic E-state index is -3.85. The Bertz CT molecular complexity index is 661. The highest BCUT2D eigenvalue weighted by Crippen LogP contribution is 2.40. The Morgan fingerprint density at radius 2 is 0.769 bits per heavy atom. The molecule has 0 aromatic heterocycles. The van der Waals surface area contributed by atoms with Crippen LogP contribution in [0.2, 0.25) is 0 Å². The molecule has 7 nitrogen and oxygen atoms in total. The molecular weight excluding hydrogens is 515 g/mol. The van der Waals surface area contributed by atoms with Gasteiger partial charge in [0.25, 0.3) is 0 Å². The highest BCUT2D eigenvalue weighted by atomic mass is 31.1. The van der Waals surface area contributed by atoms with Gasteiger partial charge in [-0.2, -0.15) is 0 Å². The molecule has 0 spiro atoms. The number of carbonyl (C=O) groups is 2. The molecule has 0 aromatic carbocycles. The number of aliphatic hydroxyl groups excluding tert-OH is 1. The first-order valence-corrected chi connectivity index (χ1v) is 17.2. The smallest absolute Gasteiger partial charge is 0.354 e. The largest absolute Gasteiger partial charge is 0.392 e. The molecule has 0 rings (SSSR count). The summed E-state index contributed by atoms with van der Waals surface area (Å²) in [6.07, 6.45) is 22.9. The number of ketones is 2. The number of hydrogen-bond acceptors (Lipinski definition) is 7. The van der Waals surface area contributed by atoms with Gasteiger partial charge < -0.3 is 15.3 Å². The first-order valence-electron chi connectivity index (χ1n) is 16.0. The Hall–Kier alpha value is -0.880. The first-order chi connectivity index (χ1) is 18.7. The molecule has 0 saturated carbocycles. The number of unbranched alkanes of at least 4 members (excludes halogenated alkanes) is 20. The molecule has 8 heteroatoms. The fourth-order valence-corrected chi connectivity index (χ4v) is 5.80. The van der Waals surface area contributed by atoms with E-state index >= 15 is 0 Å². The van der Waals surface area contributed by atoms with Gasteiger partial charge in [0.1, 0.15) is 0 Å². The summed E-state index contributed by atoms with van der Waals surface area (Å²) in [7, 11) is -3.85. The van der Waals surface area contributed by atoms with Crippen molar-refractivity contribution in [2.45, 2.75) is 179 Å². The van der Waals surface area contributed by atoms with Crippen LogP contribution in [0.1, 0.15) is 168 Å². The van der Waals surface area contributed by atoms with E-state index in [1.807, 2.05) is 0 Å². The minimum Gasteiger partial charge on any atom is -0.392 e. The summed E-state index contributed by atoms with van der Waals surface area (Å²) in [5, 5.41) is 28.0. The Balaban J connectivity index is 4.57. The van der Waals surface area contributed by atoms with Gasteiger partial charge in [-0.3, -0.25) is 9.59 Å². The second-order valence-corrected chi connectivity index (χ2v) is 12.6. The summed E-state index contributed by atoms with van der Waals surface area (Å²) in [4.78, 5) is 25.9. The van der Waals surface area contributed by atoms with Crippen LogP contribution in [0.15, 0.2) is 0 Å². The summed E-state index contributed by atoms with van der Waals surface area (Å²) in [6, 6.07) is 0. The van der Waals surface area contributed by atoms with Crippen LogP contribution in [-0.4, -0.2) is 44.4 Å². The van der Waals surface area contributed by atoms with Crippen molar-refractivity contribution in [1.82, 2.24) is 0 Å². The molecule has 0 bridgehead atoms. The van der Waals surface area contributed by atoms with Gasteiger partial charge in [-0.25, -0.2) is 9.13 Å². The summed E-state index contributed by atoms with van der Waals surface area (Å²) in [5.41, 5.74) is -3.14. The molecular formula is C31H59O7P. The van der Waals surface area contributed by atoms with Crippen molar-refractivity contribution >= 4 is 19.2 Å². The molecule has 0 aliphatic rings. The minimum absolute atomic E-state index is 0.219. The summed E-state index contributed by atoms with van der Waals surface area (Å²) in [6.45, 7) is 2.98. The first kappa shape index (κ1) is 38.1. The highest BCUT2D eigenvalue weighted by molar-refractivity contribution is 7.33. The van der Waals surface area contributed by atoms with Crippen LogP contribution in [0.4, 0.5) is 0 Å². The molecule has 1 unspecified atom stereocenters. The van der Waals surface area contributed by atoms with Gasteiger partial charge in [0.2, 0.25) is 10.9 Å². The van der Waals surface area contributed by atoms with Gasteiger partial charge in [0, 0.05) is 12.8 Å². The van der Waals surface area contributed by atoms with Crippen LogP contribution in [-0.2, 0) is 18.7 Å². The number of carbonyl (C=O) groups excluding carboxylic acids is 2. The van der Waals surface area contributed by atoms with Crippen molar-refractivity contribution in [2.75, 3.05) is 6.61 Å². The van der Waals surface area contributed by atoms with E-state index in [4.69, 9.17) is 0 Å². The van der Waals surface area contributed by atoms with Crippen molar-refractivity contribution < 1.29 is 34.0 Å². The zero-order valence-corrected chi connectivity index (χ0v) is 26.0. The normalized spacial score (nSPS) is 13.4. The summed E-state index contributed by atoms with van der Waals surface area (Å²) in [5.74, 6) is -2.05. The molecule has 230 valence electrons. The topological polar surface area (TPSA) is 129 Å². The van der Waals surface area contributed by atoms with Crippen molar-refractivity contribution in [2.24, 2.45) is 0 Å². The Morgan fingerprint density at radius 1 is 0.513 bits per heavy atom. The van der Waals surface area contributed by atoms with Gasteiger partial charge in [-0.05, 0) is 12.8 Å². The predicted octanol–water partition coefficient (Wildman–Crippen LogP) is 8.11. The molecule has 3 N–H and O–H groups in total. The van der Waals surface area contributed by atoms with Crippen molar-refractivity contribution in [3.8, 4) is 0 Å². The zero-order valence-electron chi connectivity index (χ0n) is 25.1. The third-order valence-corrected chi connectivity index (χ3v) is 8.99. The maximum atomic E-state index is 13.0. The third-order valence-electron chi connectivity index (χ3n) is 7.92. The second-order valence-electron chi connectivity index (χ2n) is 11.4. The number of rotatable bonds is 29. The maximum absolute atomic E-state index is 13.0.